The molecule has 2 aromatic carbocycles. The summed E-state index contributed by atoms with van der Waals surface area (Å²) in [5.41, 5.74) is 2.56. The fourth-order valence-electron chi connectivity index (χ4n) is 4.15. The third-order valence-corrected chi connectivity index (χ3v) is 6.17. The Labute approximate surface area is 194 Å². The van der Waals surface area contributed by atoms with E-state index in [0.29, 0.717) is 5.56 Å². The third kappa shape index (κ3) is 5.94. The molecule has 2 amide bonds. The van der Waals surface area contributed by atoms with Gasteiger partial charge in [-0.2, -0.15) is 0 Å². The number of benzene rings is 2. The molecule has 0 radical (unpaired) electrons. The molecule has 0 aliphatic heterocycles. The smallest absolute Gasteiger partial charge is 0.247 e. The van der Waals surface area contributed by atoms with Crippen molar-refractivity contribution < 1.29 is 19.4 Å². The van der Waals surface area contributed by atoms with Crippen molar-refractivity contribution in [2.45, 2.75) is 57.7 Å². The number of amides is 2. The highest BCUT2D eigenvalue weighted by Gasteiger charge is 2.33. The van der Waals surface area contributed by atoms with E-state index in [2.05, 4.69) is 5.32 Å². The normalized spacial score (nSPS) is 15.1. The van der Waals surface area contributed by atoms with Gasteiger partial charge in [-0.1, -0.05) is 55.2 Å². The maximum absolute atomic E-state index is 13.6. The van der Waals surface area contributed by atoms with E-state index in [1.165, 1.54) is 24.5 Å². The van der Waals surface area contributed by atoms with Gasteiger partial charge in [0.15, 0.2) is 11.5 Å². The Morgan fingerprint density at radius 2 is 1.84 bits per heavy atom. The molecule has 7 heteroatoms. The van der Waals surface area contributed by atoms with Gasteiger partial charge in [-0.3, -0.25) is 9.59 Å². The largest absolute Gasteiger partial charge is 0.504 e. The summed E-state index contributed by atoms with van der Waals surface area (Å²) in [5, 5.41) is 13.2. The van der Waals surface area contributed by atoms with Crippen LogP contribution in [-0.4, -0.2) is 40.9 Å². The van der Waals surface area contributed by atoms with Crippen molar-refractivity contribution in [2.75, 3.05) is 13.0 Å². The highest BCUT2D eigenvalue weighted by atomic mass is 35.5. The van der Waals surface area contributed by atoms with Gasteiger partial charge in [-0.15, -0.1) is 11.6 Å². The topological polar surface area (TPSA) is 78.9 Å². The average Bonchev–Trinajstić information content (AvgIpc) is 2.81. The number of aromatic hydroxyl groups is 1. The van der Waals surface area contributed by atoms with Crippen LogP contribution in [-0.2, 0) is 16.1 Å². The molecule has 2 N–H and O–H groups in total. The van der Waals surface area contributed by atoms with Gasteiger partial charge >= 0.3 is 0 Å². The number of carbonyl (C=O) groups excluding carboxylic acids is 2. The van der Waals surface area contributed by atoms with Gasteiger partial charge in [0, 0.05) is 12.6 Å². The highest BCUT2D eigenvalue weighted by Crippen LogP contribution is 2.33. The van der Waals surface area contributed by atoms with Crippen molar-refractivity contribution in [1.82, 2.24) is 10.2 Å². The fraction of sp³-hybridized carbons (Fsp3) is 0.440. The summed E-state index contributed by atoms with van der Waals surface area (Å²) in [4.78, 5) is 28.0. The molecule has 6 nitrogen and oxygen atoms in total. The maximum atomic E-state index is 13.6. The molecule has 1 aliphatic carbocycles. The molecule has 1 aliphatic rings. The summed E-state index contributed by atoms with van der Waals surface area (Å²) in [5.74, 6) is -0.629. The Hall–Kier alpha value is -2.73. The van der Waals surface area contributed by atoms with E-state index < -0.39 is 6.04 Å². The minimum absolute atomic E-state index is 0.0311. The minimum atomic E-state index is -0.904. The van der Waals surface area contributed by atoms with Crippen LogP contribution in [0.5, 0.6) is 11.5 Å². The Balaban J connectivity index is 1.99. The number of aryl methyl sites for hydroxylation is 1. The van der Waals surface area contributed by atoms with Crippen LogP contribution in [0.3, 0.4) is 0 Å². The van der Waals surface area contributed by atoms with Crippen molar-refractivity contribution in [3.63, 3.8) is 0 Å². The first-order valence-corrected chi connectivity index (χ1v) is 11.5. The number of nitrogens with zero attached hydrogens (tertiary/aromatic N) is 1. The van der Waals surface area contributed by atoms with Crippen LogP contribution in [0.2, 0.25) is 0 Å². The molecule has 1 saturated carbocycles. The minimum Gasteiger partial charge on any atom is -0.504 e. The van der Waals surface area contributed by atoms with Gasteiger partial charge in [-0.05, 0) is 43.0 Å². The first-order valence-electron chi connectivity index (χ1n) is 11.0. The molecule has 0 unspecified atom stereocenters. The number of carbonyl (C=O) groups is 2. The summed E-state index contributed by atoms with van der Waals surface area (Å²) in [6.07, 6.45) is 5.19. The molecule has 32 heavy (non-hydrogen) atoms. The summed E-state index contributed by atoms with van der Waals surface area (Å²) >= 11 is 5.96. The number of ether oxygens (including phenoxy) is 1. The number of alkyl halides is 1. The Morgan fingerprint density at radius 1 is 1.16 bits per heavy atom. The second-order valence-corrected chi connectivity index (χ2v) is 8.59. The van der Waals surface area contributed by atoms with E-state index in [1.807, 2.05) is 31.2 Å². The van der Waals surface area contributed by atoms with Crippen LogP contribution >= 0.6 is 11.6 Å². The number of nitrogens with one attached hydrogen (secondary N) is 1. The van der Waals surface area contributed by atoms with Crippen molar-refractivity contribution in [2.24, 2.45) is 0 Å². The van der Waals surface area contributed by atoms with E-state index >= 15 is 0 Å². The van der Waals surface area contributed by atoms with Crippen molar-refractivity contribution in [3.8, 4) is 11.5 Å². The average molecular weight is 459 g/mol. The van der Waals surface area contributed by atoms with E-state index in [1.54, 1.807) is 12.1 Å². The molecule has 0 spiro atoms. The number of halogens is 1. The fourth-order valence-corrected chi connectivity index (χ4v) is 4.31. The molecule has 1 atom stereocenters. The number of hydrogen-bond donors (Lipinski definition) is 2. The van der Waals surface area contributed by atoms with Crippen molar-refractivity contribution >= 4 is 23.4 Å². The summed E-state index contributed by atoms with van der Waals surface area (Å²) < 4.78 is 5.25. The van der Waals surface area contributed by atoms with Gasteiger partial charge in [0.05, 0.1) is 7.11 Å². The molecular formula is C25H31ClN2O4. The monoisotopic (exact) mass is 458 g/mol. The van der Waals surface area contributed by atoms with E-state index in [0.717, 1.165) is 36.8 Å². The lowest BCUT2D eigenvalue weighted by molar-refractivity contribution is -0.140. The molecule has 3 rings (SSSR count). The second kappa shape index (κ2) is 11.2. The van der Waals surface area contributed by atoms with Crippen LogP contribution in [0.4, 0.5) is 0 Å². The lowest BCUT2D eigenvalue weighted by atomic mass is 9.94. The molecule has 0 aromatic heterocycles. The second-order valence-electron chi connectivity index (χ2n) is 8.32. The predicted octanol–water partition coefficient (Wildman–Crippen LogP) is 4.47. The third-order valence-electron chi connectivity index (χ3n) is 5.94. The number of phenols is 1. The van der Waals surface area contributed by atoms with Crippen LogP contribution in [0.15, 0.2) is 42.5 Å². The van der Waals surface area contributed by atoms with Crippen LogP contribution in [0.25, 0.3) is 0 Å². The lowest BCUT2D eigenvalue weighted by Crippen LogP contribution is -2.47. The molecule has 2 aromatic rings. The maximum Gasteiger partial charge on any atom is 0.247 e. The van der Waals surface area contributed by atoms with Gasteiger partial charge in [0.2, 0.25) is 11.8 Å². The zero-order valence-corrected chi connectivity index (χ0v) is 19.4. The van der Waals surface area contributed by atoms with Gasteiger partial charge in [0.25, 0.3) is 0 Å². The van der Waals surface area contributed by atoms with E-state index in [-0.39, 0.29) is 41.8 Å². The molecule has 0 saturated heterocycles. The van der Waals surface area contributed by atoms with Gasteiger partial charge < -0.3 is 20.1 Å². The Kier molecular flexibility index (Phi) is 8.39. The number of rotatable bonds is 8. The zero-order valence-electron chi connectivity index (χ0n) is 18.6. The highest BCUT2D eigenvalue weighted by molar-refractivity contribution is 6.27. The summed E-state index contributed by atoms with van der Waals surface area (Å²) in [6, 6.07) is 11.7. The van der Waals surface area contributed by atoms with Gasteiger partial charge in [0.1, 0.15) is 11.9 Å². The van der Waals surface area contributed by atoms with Crippen LogP contribution in [0, 0.1) is 6.92 Å². The Morgan fingerprint density at radius 3 is 2.47 bits per heavy atom. The van der Waals surface area contributed by atoms with Crippen molar-refractivity contribution in [3.05, 3.63) is 59.2 Å². The Bertz CT molecular complexity index is 926. The van der Waals surface area contributed by atoms with E-state index in [4.69, 9.17) is 16.3 Å². The molecule has 0 bridgehead atoms. The molecular weight excluding hydrogens is 428 g/mol. The number of hydrogen-bond acceptors (Lipinski definition) is 4. The van der Waals surface area contributed by atoms with E-state index in [9.17, 15) is 14.7 Å². The predicted molar refractivity (Wildman–Crippen MR) is 125 cm³/mol. The SMILES string of the molecule is COc1cc([C@@H](C(=O)NC2CCCCC2)N(Cc2ccc(C)cc2)C(=O)CCl)ccc1O. The zero-order chi connectivity index (χ0) is 23.1. The van der Waals surface area contributed by atoms with Crippen LogP contribution < -0.4 is 10.1 Å². The van der Waals surface area contributed by atoms with Crippen molar-refractivity contribution in [1.29, 1.82) is 0 Å². The standard InChI is InChI=1S/C25H31ClN2O4/c1-17-8-10-18(11-9-17)16-28(23(30)15-26)24(19-12-13-21(29)22(14-19)32-2)25(31)27-20-6-4-3-5-7-20/h8-14,20,24,29H,3-7,15-16H2,1-2H3,(H,27,31)/t24-/m0/s1. The molecule has 172 valence electrons. The van der Waals surface area contributed by atoms with Crippen LogP contribution in [0.1, 0.15) is 54.8 Å². The number of phenolic OH excluding ortho intramolecular Hbond substituents is 1. The number of methoxy groups -OCH3 is 1. The first kappa shape index (κ1) is 23.9. The lowest BCUT2D eigenvalue weighted by Gasteiger charge is -2.33. The first-order chi connectivity index (χ1) is 15.4. The molecule has 0 heterocycles. The quantitative estimate of drug-likeness (QED) is 0.572. The molecule has 1 fully saturated rings. The van der Waals surface area contributed by atoms with Gasteiger partial charge in [-0.25, -0.2) is 0 Å². The summed E-state index contributed by atoms with van der Waals surface area (Å²) in [6.45, 7) is 2.23. The summed E-state index contributed by atoms with van der Waals surface area (Å²) in [7, 11) is 1.45.